The first kappa shape index (κ1) is 17.8. The first-order valence-electron chi connectivity index (χ1n) is 6.69. The molecule has 0 saturated heterocycles. The number of hydrogen-bond donors (Lipinski definition) is 2. The maximum Gasteiger partial charge on any atom is 0.374 e. The fourth-order valence-electron chi connectivity index (χ4n) is 1.79. The van der Waals surface area contributed by atoms with Crippen LogP contribution in [0, 0.1) is 0 Å². The molecule has 0 aromatic heterocycles. The van der Waals surface area contributed by atoms with Crippen LogP contribution >= 0.6 is 0 Å². The van der Waals surface area contributed by atoms with Crippen molar-refractivity contribution in [1.29, 1.82) is 0 Å². The molecule has 0 radical (unpaired) electrons. The van der Waals surface area contributed by atoms with Crippen molar-refractivity contribution >= 4 is 11.9 Å². The third-order valence-electron chi connectivity index (χ3n) is 2.94. The molecule has 0 atom stereocenters. The number of carboxylic acid groups (broad SMARTS) is 2. The molecule has 19 heavy (non-hydrogen) atoms. The van der Waals surface area contributed by atoms with Crippen molar-refractivity contribution in [1.82, 2.24) is 0 Å². The topological polar surface area (TPSA) is 74.6 Å². The summed E-state index contributed by atoms with van der Waals surface area (Å²) in [5, 5.41) is 16.6. The lowest BCUT2D eigenvalue weighted by atomic mass is 10.0. The summed E-state index contributed by atoms with van der Waals surface area (Å²) in [6.45, 7) is 0. The van der Waals surface area contributed by atoms with E-state index in [1.54, 1.807) is 0 Å². The average Bonchev–Trinajstić information content (AvgIpc) is 2.30. The van der Waals surface area contributed by atoms with Crippen molar-refractivity contribution in [2.75, 3.05) is 0 Å². The highest BCUT2D eigenvalue weighted by Crippen LogP contribution is 2.22. The van der Waals surface area contributed by atoms with Crippen molar-refractivity contribution in [2.24, 2.45) is 0 Å². The molecule has 0 spiro atoms. The van der Waals surface area contributed by atoms with E-state index in [1.165, 1.54) is 0 Å². The van der Waals surface area contributed by atoms with Gasteiger partial charge in [-0.2, -0.15) is 8.78 Å². The van der Waals surface area contributed by atoms with E-state index in [0.29, 0.717) is 12.8 Å². The number of rotatable bonds is 12. The number of alkyl halides is 2. The van der Waals surface area contributed by atoms with Gasteiger partial charge in [-0.05, 0) is 12.8 Å². The molecule has 0 aliphatic carbocycles. The highest BCUT2D eigenvalue weighted by atomic mass is 19.3. The molecule has 0 rings (SSSR count). The second-order valence-electron chi connectivity index (χ2n) is 4.73. The van der Waals surface area contributed by atoms with Crippen LogP contribution in [0.25, 0.3) is 0 Å². The van der Waals surface area contributed by atoms with Crippen molar-refractivity contribution in [2.45, 2.75) is 70.1 Å². The molecule has 112 valence electrons. The Balaban J connectivity index is 3.28. The summed E-state index contributed by atoms with van der Waals surface area (Å²) in [4.78, 5) is 20.4. The van der Waals surface area contributed by atoms with E-state index in [9.17, 15) is 18.4 Å². The number of hydrogen-bond acceptors (Lipinski definition) is 2. The Morgan fingerprint density at radius 3 is 1.63 bits per heavy atom. The minimum absolute atomic E-state index is 0.199. The molecule has 0 heterocycles. The normalized spacial score (nSPS) is 11.5. The fourth-order valence-corrected chi connectivity index (χ4v) is 1.79. The standard InChI is InChI=1S/C13H22F2O4/c14-13(15,12(18)19)10-8-6-4-2-1-3-5-7-9-11(16)17/h1-10H2,(H,16,17)(H,18,19). The first-order chi connectivity index (χ1) is 8.86. The minimum Gasteiger partial charge on any atom is -0.481 e. The molecular weight excluding hydrogens is 258 g/mol. The van der Waals surface area contributed by atoms with Gasteiger partial charge in [-0.1, -0.05) is 38.5 Å². The van der Waals surface area contributed by atoms with Crippen LogP contribution in [-0.2, 0) is 9.59 Å². The molecule has 0 unspecified atom stereocenters. The highest BCUT2D eigenvalue weighted by molar-refractivity contribution is 5.75. The molecule has 0 aliphatic heterocycles. The van der Waals surface area contributed by atoms with Gasteiger partial charge in [0.05, 0.1) is 0 Å². The molecule has 0 aromatic carbocycles. The zero-order valence-electron chi connectivity index (χ0n) is 11.0. The Morgan fingerprint density at radius 1 is 0.789 bits per heavy atom. The fraction of sp³-hybridized carbons (Fsp3) is 0.846. The van der Waals surface area contributed by atoms with Gasteiger partial charge in [-0.3, -0.25) is 4.79 Å². The molecule has 4 nitrogen and oxygen atoms in total. The van der Waals surface area contributed by atoms with Crippen molar-refractivity contribution in [3.05, 3.63) is 0 Å². The van der Waals surface area contributed by atoms with E-state index in [-0.39, 0.29) is 12.8 Å². The molecule has 0 saturated carbocycles. The van der Waals surface area contributed by atoms with Gasteiger partial charge in [0.25, 0.3) is 0 Å². The predicted molar refractivity (Wildman–Crippen MR) is 66.4 cm³/mol. The Labute approximate surface area is 111 Å². The van der Waals surface area contributed by atoms with Crippen LogP contribution in [0.5, 0.6) is 0 Å². The average molecular weight is 280 g/mol. The molecule has 2 N–H and O–H groups in total. The minimum atomic E-state index is -3.60. The van der Waals surface area contributed by atoms with Crippen LogP contribution in [0.2, 0.25) is 0 Å². The zero-order valence-corrected chi connectivity index (χ0v) is 11.0. The molecule has 0 aliphatic rings. The number of aliphatic carboxylic acids is 2. The summed E-state index contributed by atoms with van der Waals surface area (Å²) >= 11 is 0. The lowest BCUT2D eigenvalue weighted by Gasteiger charge is -2.10. The lowest BCUT2D eigenvalue weighted by molar-refractivity contribution is -0.165. The smallest absolute Gasteiger partial charge is 0.374 e. The van der Waals surface area contributed by atoms with Gasteiger partial charge >= 0.3 is 17.9 Å². The third-order valence-corrected chi connectivity index (χ3v) is 2.94. The predicted octanol–water partition coefficient (Wildman–Crippen LogP) is 3.69. The summed E-state index contributed by atoms with van der Waals surface area (Å²) in [7, 11) is 0. The van der Waals surface area contributed by atoms with E-state index in [2.05, 4.69) is 0 Å². The maximum absolute atomic E-state index is 12.7. The van der Waals surface area contributed by atoms with Gasteiger partial charge in [0, 0.05) is 12.8 Å². The van der Waals surface area contributed by atoms with Crippen LogP contribution in [0.3, 0.4) is 0 Å². The number of carbonyl (C=O) groups is 2. The van der Waals surface area contributed by atoms with Gasteiger partial charge in [0.1, 0.15) is 0 Å². The molecule has 6 heteroatoms. The maximum atomic E-state index is 12.7. The molecule has 0 bridgehead atoms. The van der Waals surface area contributed by atoms with Gasteiger partial charge in [0.2, 0.25) is 0 Å². The SMILES string of the molecule is O=C(O)CCCCCCCCCCC(F)(F)C(=O)O. The van der Waals surface area contributed by atoms with Crippen LogP contribution in [0.4, 0.5) is 8.78 Å². The van der Waals surface area contributed by atoms with E-state index in [0.717, 1.165) is 32.1 Å². The van der Waals surface area contributed by atoms with E-state index >= 15 is 0 Å². The monoisotopic (exact) mass is 280 g/mol. The molecular formula is C13H22F2O4. The Bertz CT molecular complexity index is 280. The molecule has 0 amide bonds. The number of carboxylic acids is 2. The first-order valence-corrected chi connectivity index (χ1v) is 6.69. The summed E-state index contributed by atoms with van der Waals surface area (Å²) in [6.07, 6.45) is 5.65. The number of halogens is 2. The highest BCUT2D eigenvalue weighted by Gasteiger charge is 2.37. The van der Waals surface area contributed by atoms with E-state index < -0.39 is 24.3 Å². The second-order valence-corrected chi connectivity index (χ2v) is 4.73. The molecule has 0 fully saturated rings. The summed E-state index contributed by atoms with van der Waals surface area (Å²) in [6, 6.07) is 0. The Hall–Kier alpha value is -1.20. The Morgan fingerprint density at radius 2 is 1.21 bits per heavy atom. The van der Waals surface area contributed by atoms with E-state index in [4.69, 9.17) is 10.2 Å². The van der Waals surface area contributed by atoms with Crippen LogP contribution < -0.4 is 0 Å². The molecule has 0 aromatic rings. The van der Waals surface area contributed by atoms with Gasteiger partial charge in [-0.25, -0.2) is 4.79 Å². The number of unbranched alkanes of at least 4 members (excludes halogenated alkanes) is 7. The second kappa shape index (κ2) is 9.69. The van der Waals surface area contributed by atoms with Crippen molar-refractivity contribution in [3.8, 4) is 0 Å². The van der Waals surface area contributed by atoms with Gasteiger partial charge < -0.3 is 10.2 Å². The summed E-state index contributed by atoms with van der Waals surface area (Å²) < 4.78 is 25.4. The van der Waals surface area contributed by atoms with Crippen molar-refractivity contribution < 1.29 is 28.6 Å². The lowest BCUT2D eigenvalue weighted by Crippen LogP contribution is -2.27. The van der Waals surface area contributed by atoms with Crippen LogP contribution in [0.1, 0.15) is 64.2 Å². The van der Waals surface area contributed by atoms with E-state index in [1.807, 2.05) is 0 Å². The van der Waals surface area contributed by atoms with Gasteiger partial charge in [0.15, 0.2) is 0 Å². The summed E-state index contributed by atoms with van der Waals surface area (Å²) in [5.74, 6) is -6.43. The largest absolute Gasteiger partial charge is 0.481 e. The summed E-state index contributed by atoms with van der Waals surface area (Å²) in [5.41, 5.74) is 0. The van der Waals surface area contributed by atoms with Crippen LogP contribution in [0.15, 0.2) is 0 Å². The Kier molecular flexibility index (Phi) is 9.08. The van der Waals surface area contributed by atoms with Gasteiger partial charge in [-0.15, -0.1) is 0 Å². The zero-order chi connectivity index (χ0) is 14.7. The third kappa shape index (κ3) is 10.4. The quantitative estimate of drug-likeness (QED) is 0.535. The van der Waals surface area contributed by atoms with Crippen LogP contribution in [-0.4, -0.2) is 28.1 Å². The van der Waals surface area contributed by atoms with Crippen molar-refractivity contribution in [3.63, 3.8) is 0 Å².